The fourth-order valence-electron chi connectivity index (χ4n) is 2.67. The molecule has 1 aliphatic rings. The molecule has 2 aromatic rings. The lowest BCUT2D eigenvalue weighted by Crippen LogP contribution is -2.11. The van der Waals surface area contributed by atoms with Crippen molar-refractivity contribution in [3.8, 4) is 11.1 Å². The lowest BCUT2D eigenvalue weighted by atomic mass is 9.96. The maximum atomic E-state index is 5.94. The highest BCUT2D eigenvalue weighted by atomic mass is 35.5. The Morgan fingerprint density at radius 3 is 2.78 bits per heavy atom. The molecule has 4 heteroatoms. The van der Waals surface area contributed by atoms with Crippen LogP contribution >= 0.6 is 11.6 Å². The lowest BCUT2D eigenvalue weighted by molar-refractivity contribution is 0.638. The average molecular weight is 262 g/mol. The second kappa shape index (κ2) is 4.75. The SMILES string of the molecule is Cn1ncc(-c2ccc(Cl)cc2)c1C1CCNC1. The Balaban J connectivity index is 2.04. The molecule has 0 saturated carbocycles. The van der Waals surface area contributed by atoms with Crippen LogP contribution in [0.25, 0.3) is 11.1 Å². The van der Waals surface area contributed by atoms with Crippen LogP contribution in [0.3, 0.4) is 0 Å². The van der Waals surface area contributed by atoms with Crippen molar-refractivity contribution in [1.29, 1.82) is 0 Å². The van der Waals surface area contributed by atoms with Gasteiger partial charge in [-0.2, -0.15) is 5.10 Å². The normalized spacial score (nSPS) is 19.3. The van der Waals surface area contributed by atoms with Crippen LogP contribution < -0.4 is 5.32 Å². The molecule has 3 nitrogen and oxygen atoms in total. The van der Waals surface area contributed by atoms with E-state index >= 15 is 0 Å². The van der Waals surface area contributed by atoms with Gasteiger partial charge in [0.2, 0.25) is 0 Å². The molecule has 2 heterocycles. The largest absolute Gasteiger partial charge is 0.316 e. The molecule has 3 rings (SSSR count). The molecular weight excluding hydrogens is 246 g/mol. The maximum Gasteiger partial charge on any atom is 0.0571 e. The van der Waals surface area contributed by atoms with Crippen LogP contribution in [-0.2, 0) is 7.05 Å². The van der Waals surface area contributed by atoms with Gasteiger partial charge >= 0.3 is 0 Å². The van der Waals surface area contributed by atoms with Gasteiger partial charge in [-0.3, -0.25) is 4.68 Å². The summed E-state index contributed by atoms with van der Waals surface area (Å²) in [4.78, 5) is 0. The van der Waals surface area contributed by atoms with E-state index < -0.39 is 0 Å². The summed E-state index contributed by atoms with van der Waals surface area (Å²) in [6.07, 6.45) is 3.14. The van der Waals surface area contributed by atoms with Crippen LogP contribution in [0.4, 0.5) is 0 Å². The van der Waals surface area contributed by atoms with Crippen molar-refractivity contribution in [1.82, 2.24) is 15.1 Å². The van der Waals surface area contributed by atoms with E-state index in [1.165, 1.54) is 23.2 Å². The molecule has 0 amide bonds. The summed E-state index contributed by atoms with van der Waals surface area (Å²) in [6, 6.07) is 7.98. The van der Waals surface area contributed by atoms with Crippen molar-refractivity contribution in [2.24, 2.45) is 7.05 Å². The Labute approximate surface area is 112 Å². The van der Waals surface area contributed by atoms with Crippen LogP contribution in [0.5, 0.6) is 0 Å². The second-order valence-electron chi connectivity index (χ2n) is 4.76. The van der Waals surface area contributed by atoms with Crippen molar-refractivity contribution < 1.29 is 0 Å². The Kier molecular flexibility index (Phi) is 3.10. The van der Waals surface area contributed by atoms with Crippen molar-refractivity contribution >= 4 is 11.6 Å². The zero-order valence-electron chi connectivity index (χ0n) is 10.4. The molecule has 94 valence electrons. The van der Waals surface area contributed by atoms with Crippen LogP contribution in [0.15, 0.2) is 30.5 Å². The lowest BCUT2D eigenvalue weighted by Gasteiger charge is -2.12. The van der Waals surface area contributed by atoms with E-state index in [1.807, 2.05) is 30.1 Å². The van der Waals surface area contributed by atoms with Crippen molar-refractivity contribution in [2.75, 3.05) is 13.1 Å². The number of nitrogens with one attached hydrogen (secondary N) is 1. The summed E-state index contributed by atoms with van der Waals surface area (Å²) in [5, 5.41) is 8.60. The first kappa shape index (κ1) is 11.8. The topological polar surface area (TPSA) is 29.9 Å². The van der Waals surface area contributed by atoms with E-state index in [9.17, 15) is 0 Å². The minimum Gasteiger partial charge on any atom is -0.316 e. The van der Waals surface area contributed by atoms with E-state index in [4.69, 9.17) is 11.6 Å². The molecule has 1 aromatic heterocycles. The van der Waals surface area contributed by atoms with Gasteiger partial charge in [0, 0.05) is 30.1 Å². The molecule has 1 aliphatic heterocycles. The maximum absolute atomic E-state index is 5.94. The van der Waals surface area contributed by atoms with E-state index in [0.29, 0.717) is 5.92 Å². The summed E-state index contributed by atoms with van der Waals surface area (Å²) in [5.41, 5.74) is 3.74. The fourth-order valence-corrected chi connectivity index (χ4v) is 2.80. The van der Waals surface area contributed by atoms with Crippen molar-refractivity contribution in [3.63, 3.8) is 0 Å². The standard InChI is InChI=1S/C14H16ClN3/c1-18-14(11-6-7-16-8-11)13(9-17-18)10-2-4-12(15)5-3-10/h2-5,9,11,16H,6-8H2,1H3. The van der Waals surface area contributed by atoms with Gasteiger partial charge in [-0.25, -0.2) is 0 Å². The number of hydrogen-bond acceptors (Lipinski definition) is 2. The smallest absolute Gasteiger partial charge is 0.0571 e. The summed E-state index contributed by atoms with van der Waals surface area (Å²) in [5.74, 6) is 0.558. The van der Waals surface area contributed by atoms with E-state index in [1.54, 1.807) is 0 Å². The quantitative estimate of drug-likeness (QED) is 0.901. The molecule has 1 saturated heterocycles. The van der Waals surface area contributed by atoms with Gasteiger partial charge in [-0.1, -0.05) is 23.7 Å². The Morgan fingerprint density at radius 2 is 2.11 bits per heavy atom. The van der Waals surface area contributed by atoms with Gasteiger partial charge in [0.15, 0.2) is 0 Å². The Bertz CT molecular complexity index is 539. The summed E-state index contributed by atoms with van der Waals surface area (Å²) in [6.45, 7) is 2.13. The van der Waals surface area contributed by atoms with Gasteiger partial charge in [-0.15, -0.1) is 0 Å². The monoisotopic (exact) mass is 261 g/mol. The number of benzene rings is 1. The number of nitrogens with zero attached hydrogens (tertiary/aromatic N) is 2. The molecule has 0 bridgehead atoms. The van der Waals surface area contributed by atoms with E-state index in [-0.39, 0.29) is 0 Å². The molecule has 1 aromatic carbocycles. The third-order valence-electron chi connectivity index (χ3n) is 3.59. The molecule has 0 radical (unpaired) electrons. The third kappa shape index (κ3) is 2.04. The van der Waals surface area contributed by atoms with Crippen molar-refractivity contribution in [3.05, 3.63) is 41.2 Å². The molecule has 1 atom stereocenters. The van der Waals surface area contributed by atoms with Gasteiger partial charge in [-0.05, 0) is 30.7 Å². The highest BCUT2D eigenvalue weighted by Gasteiger charge is 2.23. The summed E-state index contributed by atoms with van der Waals surface area (Å²) in [7, 11) is 2.02. The van der Waals surface area contributed by atoms with Crippen LogP contribution in [0.2, 0.25) is 5.02 Å². The zero-order valence-corrected chi connectivity index (χ0v) is 11.1. The number of aryl methyl sites for hydroxylation is 1. The Hall–Kier alpha value is -1.32. The van der Waals surface area contributed by atoms with E-state index in [2.05, 4.69) is 22.5 Å². The Morgan fingerprint density at radius 1 is 1.33 bits per heavy atom. The molecule has 0 spiro atoms. The van der Waals surface area contributed by atoms with Gasteiger partial charge in [0.1, 0.15) is 0 Å². The highest BCUT2D eigenvalue weighted by Crippen LogP contribution is 2.32. The zero-order chi connectivity index (χ0) is 12.5. The number of rotatable bonds is 2. The number of aromatic nitrogens is 2. The number of halogens is 1. The first-order valence-electron chi connectivity index (χ1n) is 6.24. The van der Waals surface area contributed by atoms with Crippen LogP contribution in [0, 0.1) is 0 Å². The third-order valence-corrected chi connectivity index (χ3v) is 3.84. The fraction of sp³-hybridized carbons (Fsp3) is 0.357. The molecule has 1 unspecified atom stereocenters. The van der Waals surface area contributed by atoms with Crippen LogP contribution in [0.1, 0.15) is 18.0 Å². The predicted octanol–water partition coefficient (Wildman–Crippen LogP) is 2.82. The molecule has 0 aliphatic carbocycles. The van der Waals surface area contributed by atoms with Gasteiger partial charge in [0.25, 0.3) is 0 Å². The van der Waals surface area contributed by atoms with Crippen molar-refractivity contribution in [2.45, 2.75) is 12.3 Å². The summed E-state index contributed by atoms with van der Waals surface area (Å²) < 4.78 is 2.00. The van der Waals surface area contributed by atoms with E-state index in [0.717, 1.165) is 18.1 Å². The summed E-state index contributed by atoms with van der Waals surface area (Å²) >= 11 is 5.94. The average Bonchev–Trinajstić information content (AvgIpc) is 2.99. The highest BCUT2D eigenvalue weighted by molar-refractivity contribution is 6.30. The van der Waals surface area contributed by atoms with Gasteiger partial charge in [0.05, 0.1) is 11.9 Å². The predicted molar refractivity (Wildman–Crippen MR) is 73.9 cm³/mol. The molecule has 1 N–H and O–H groups in total. The molecule has 1 fully saturated rings. The minimum atomic E-state index is 0.558. The molecular formula is C14H16ClN3. The minimum absolute atomic E-state index is 0.558. The first-order chi connectivity index (χ1) is 8.75. The molecule has 18 heavy (non-hydrogen) atoms. The first-order valence-corrected chi connectivity index (χ1v) is 6.62. The number of hydrogen-bond donors (Lipinski definition) is 1. The second-order valence-corrected chi connectivity index (χ2v) is 5.20. The van der Waals surface area contributed by atoms with Crippen LogP contribution in [-0.4, -0.2) is 22.9 Å². The van der Waals surface area contributed by atoms with Gasteiger partial charge < -0.3 is 5.32 Å².